The minimum atomic E-state index is -1.62. The number of benzene rings is 5. The van der Waals surface area contributed by atoms with Crippen molar-refractivity contribution in [3.63, 3.8) is 0 Å². The molecule has 620 valence electrons. The molecule has 6 aromatic rings. The number of carbonyl (C=O) groups excluding carboxylic acids is 6. The van der Waals surface area contributed by atoms with Gasteiger partial charge >= 0.3 is 0 Å². The number of para-hydroxylation sites is 1. The third-order valence-corrected chi connectivity index (χ3v) is 32.1. The van der Waals surface area contributed by atoms with Crippen molar-refractivity contribution in [1.82, 2.24) is 9.97 Å². The first-order chi connectivity index (χ1) is 56.1. The van der Waals surface area contributed by atoms with Crippen LogP contribution in [0.15, 0.2) is 205 Å². The number of ketones is 6. The van der Waals surface area contributed by atoms with E-state index in [-0.39, 0.29) is 126 Å². The summed E-state index contributed by atoms with van der Waals surface area (Å²) in [6.07, 6.45) is 23.0. The Bertz CT molecular complexity index is 4930. The highest BCUT2D eigenvalue weighted by atomic mass is 35.5. The third-order valence-electron chi connectivity index (χ3n) is 31.9. The van der Waals surface area contributed by atoms with Crippen molar-refractivity contribution in [2.45, 2.75) is 181 Å². The SMILES string of the molecule is C[C@H]1CC2C([C@@H](O)CC3(C)C2CC[C@]3(O)C(=O)COc2ccc(Cc3ccccc3)cc2)C2(C)C=CC(=O)C=C12.C[C@H]1CC2C([C@@H](O)CC3(C)C2CC[C@]3(O)C(=O)COc2ccc(Oc3ccccc3)cc2)C2(C)C=CC(=O)C=C12.C[C@H]1CC2C([C@@H](O)CC3(C)C2CC[C@]3(O)C(=O)COc2ncnc3ccc(Cl)cc23)C2(C)C=CC(=O)C=C12. The molecule has 6 N–H and O–H groups in total. The number of rotatable bonds is 16. The summed E-state index contributed by atoms with van der Waals surface area (Å²) in [6.45, 7) is 18.0. The van der Waals surface area contributed by atoms with Crippen LogP contribution in [0.3, 0.4) is 0 Å². The van der Waals surface area contributed by atoms with E-state index in [1.54, 1.807) is 78.9 Å². The molecule has 118 heavy (non-hydrogen) atoms. The Labute approximate surface area is 696 Å². The minimum absolute atomic E-state index is 0.00233. The van der Waals surface area contributed by atoms with Crippen LogP contribution in [0.25, 0.3) is 10.9 Å². The number of carbonyl (C=O) groups is 6. The normalized spacial score (nSPS) is 38.7. The quantitative estimate of drug-likeness (QED) is 0.0525. The van der Waals surface area contributed by atoms with Crippen LogP contribution < -0.4 is 18.9 Å². The van der Waals surface area contributed by atoms with Crippen LogP contribution >= 0.6 is 11.6 Å². The van der Waals surface area contributed by atoms with Crippen molar-refractivity contribution < 1.29 is 78.4 Å². The molecule has 0 radical (unpaired) electrons. The maximum Gasteiger partial charge on any atom is 0.224 e. The van der Waals surface area contributed by atoms with Crippen molar-refractivity contribution in [3.8, 4) is 28.9 Å². The number of aromatic nitrogens is 2. The van der Waals surface area contributed by atoms with Gasteiger partial charge in [0.25, 0.3) is 0 Å². The van der Waals surface area contributed by atoms with E-state index >= 15 is 0 Å². The lowest BCUT2D eigenvalue weighted by atomic mass is 9.45. The number of hydrogen-bond acceptors (Lipinski definition) is 18. The van der Waals surface area contributed by atoms with Gasteiger partial charge in [0, 0.05) is 55.3 Å². The zero-order valence-corrected chi connectivity index (χ0v) is 69.7. The second-order valence-corrected chi connectivity index (χ2v) is 38.5. The molecule has 24 atom stereocenters. The largest absolute Gasteiger partial charge is 0.486 e. The Hall–Kier alpha value is -8.85. The fourth-order valence-electron chi connectivity index (χ4n) is 26.3. The van der Waals surface area contributed by atoms with E-state index in [9.17, 15) is 59.4 Å². The molecule has 1 heterocycles. The average molecular weight is 1620 g/mol. The van der Waals surface area contributed by atoms with E-state index < -0.39 is 73.4 Å². The molecule has 9 fully saturated rings. The summed E-state index contributed by atoms with van der Waals surface area (Å²) in [6, 6.07) is 39.8. The van der Waals surface area contributed by atoms with Crippen LogP contribution in [-0.4, -0.2) is 130 Å². The number of nitrogens with zero attached hydrogens (tertiary/aromatic N) is 2. The number of halogens is 1. The summed E-state index contributed by atoms with van der Waals surface area (Å²) >= 11 is 6.15. The lowest BCUT2D eigenvalue weighted by molar-refractivity contribution is -0.180. The number of aliphatic hydroxyl groups excluding tert-OH is 3. The molecule has 12 aliphatic rings. The Morgan fingerprint density at radius 2 is 0.805 bits per heavy atom. The van der Waals surface area contributed by atoms with Gasteiger partial charge in [-0.15, -0.1) is 0 Å². The second kappa shape index (κ2) is 31.0. The molecule has 5 aromatic carbocycles. The fraction of sp³-hybridized carbons (Fsp3) is 0.495. The summed E-state index contributed by atoms with van der Waals surface area (Å²) < 4.78 is 23.4. The van der Waals surface area contributed by atoms with Gasteiger partial charge < -0.3 is 49.6 Å². The molecule has 9 saturated carbocycles. The monoisotopic (exact) mass is 1620 g/mol. The highest BCUT2D eigenvalue weighted by Gasteiger charge is 2.72. The molecule has 18 rings (SSSR count). The first-order valence-electron chi connectivity index (χ1n) is 42.5. The van der Waals surface area contributed by atoms with Gasteiger partial charge in [0.1, 0.15) is 59.3 Å². The number of Topliss-reactive ketones (excluding diaryl/α,β-unsaturated/α-hetero) is 3. The van der Waals surface area contributed by atoms with E-state index in [1.807, 2.05) is 112 Å². The molecule has 0 saturated heterocycles. The van der Waals surface area contributed by atoms with E-state index in [0.717, 1.165) is 66.6 Å². The van der Waals surface area contributed by atoms with Crippen molar-refractivity contribution in [2.75, 3.05) is 19.8 Å². The summed E-state index contributed by atoms with van der Waals surface area (Å²) in [5.41, 5.74) is -1.91. The van der Waals surface area contributed by atoms with Crippen LogP contribution in [0.5, 0.6) is 28.9 Å². The Morgan fingerprint density at radius 1 is 0.449 bits per heavy atom. The third kappa shape index (κ3) is 13.9. The lowest BCUT2D eigenvalue weighted by Crippen LogP contribution is -2.62. The zero-order valence-electron chi connectivity index (χ0n) is 68.9. The Morgan fingerprint density at radius 3 is 1.21 bits per heavy atom. The average Bonchev–Trinajstić information content (AvgIpc) is 1.45. The number of hydrogen-bond donors (Lipinski definition) is 6. The van der Waals surface area contributed by atoms with Crippen LogP contribution in [0.2, 0.25) is 5.02 Å². The van der Waals surface area contributed by atoms with Crippen molar-refractivity contribution in [3.05, 3.63) is 221 Å². The van der Waals surface area contributed by atoms with Gasteiger partial charge in [-0.1, -0.05) is 170 Å². The molecular formula is C99H111ClN2O16. The zero-order chi connectivity index (χ0) is 83.6. The molecule has 0 bridgehead atoms. The van der Waals surface area contributed by atoms with Gasteiger partial charge in [-0.25, -0.2) is 9.97 Å². The van der Waals surface area contributed by atoms with Crippen molar-refractivity contribution in [1.29, 1.82) is 0 Å². The number of fused-ring (bicyclic) bond motifs is 16. The summed E-state index contributed by atoms with van der Waals surface area (Å²) in [7, 11) is 0. The molecule has 18 nitrogen and oxygen atoms in total. The van der Waals surface area contributed by atoms with Gasteiger partial charge in [-0.05, 0) is 251 Å². The summed E-state index contributed by atoms with van der Waals surface area (Å²) in [4.78, 5) is 85.9. The predicted molar refractivity (Wildman–Crippen MR) is 447 cm³/mol. The topological polar surface area (TPSA) is 286 Å². The maximum atomic E-state index is 13.7. The minimum Gasteiger partial charge on any atom is -0.486 e. The highest BCUT2D eigenvalue weighted by molar-refractivity contribution is 6.31. The maximum absolute atomic E-state index is 13.7. The lowest BCUT2D eigenvalue weighted by Gasteiger charge is -2.60. The van der Waals surface area contributed by atoms with Gasteiger partial charge in [-0.2, -0.15) is 0 Å². The van der Waals surface area contributed by atoms with Gasteiger partial charge in [0.15, 0.2) is 24.0 Å². The molecule has 0 spiro atoms. The van der Waals surface area contributed by atoms with E-state index in [2.05, 4.69) is 63.6 Å². The smallest absolute Gasteiger partial charge is 0.224 e. The van der Waals surface area contributed by atoms with Crippen LogP contribution in [0, 0.1) is 104 Å². The van der Waals surface area contributed by atoms with Gasteiger partial charge in [-0.3, -0.25) is 28.8 Å². The van der Waals surface area contributed by atoms with Gasteiger partial charge in [0.05, 0.1) is 29.2 Å². The fourth-order valence-corrected chi connectivity index (χ4v) is 26.5. The Kier molecular flexibility index (Phi) is 21.8. The first kappa shape index (κ1) is 82.8. The first-order valence-corrected chi connectivity index (χ1v) is 42.9. The second-order valence-electron chi connectivity index (χ2n) is 38.1. The van der Waals surface area contributed by atoms with E-state index in [1.165, 1.54) is 11.9 Å². The van der Waals surface area contributed by atoms with Gasteiger partial charge in [0.2, 0.25) is 23.2 Å². The molecule has 0 amide bonds. The number of aliphatic hydroxyl groups is 6. The van der Waals surface area contributed by atoms with E-state index in [0.29, 0.717) is 78.1 Å². The van der Waals surface area contributed by atoms with Crippen LogP contribution in [0.1, 0.15) is 150 Å². The summed E-state index contributed by atoms with van der Waals surface area (Å²) in [5, 5.41) is 71.9. The van der Waals surface area contributed by atoms with Crippen LogP contribution in [-0.2, 0) is 35.2 Å². The molecular weight excluding hydrogens is 1510 g/mol. The molecule has 1 aromatic heterocycles. The highest BCUT2D eigenvalue weighted by Crippen LogP contribution is 2.72. The summed E-state index contributed by atoms with van der Waals surface area (Å²) in [5.74, 6) is 2.81. The molecule has 12 aliphatic carbocycles. The molecule has 0 aliphatic heterocycles. The Balaban J connectivity index is 0.000000132. The van der Waals surface area contributed by atoms with E-state index in [4.69, 9.17) is 30.5 Å². The standard InChI is InChI=1S/C35H40O5.C34H38O6.C30H33ClN2O5/c1-22-17-27-28-14-16-35(39,34(28,3)20-30(37)32(27)33(2)15-13-25(36)19-29(22)33)31(38)21-40-26-11-9-24(10-12-26)18-23-7-5-4-6-8-23;1-21-17-26-27-14-16-34(38,33(27,3)19-29(36)31(26)32(2)15-13-22(35)18-28(21)32)30(37)20-39-23-9-11-25(12-10-23)40-24-7-5-4-6-8-24;1-16-10-19-21-7-9-30(37,25(36)14-38-27-20-11-17(31)4-5-23(20)32-15-33-27)29(21,3)13-24(35)26(19)28(2)8-6-18(34)12-22(16)28/h4-13,15,19,22,27-28,30,32,37,39H,14,16-18,20-21H2,1-3H3;4-13,15,18,21,26-27,29,31,36,38H,14,16-17,19-20H2,1-3H3;4-6,8,11-12,15-16,19,21,24,26,35,37H,7,9-10,13-14H2,1-3H3/t22-,27?,28?,30-,32?,33?,34?,35-;21-,26?,27?,29-,31?,32?,33?,34-;16-,19?,21?,24-,26?,28?,29?,30-/m000/s1. The van der Waals surface area contributed by atoms with Crippen molar-refractivity contribution >= 4 is 57.2 Å². The molecule has 15 unspecified atom stereocenters. The number of allylic oxidation sites excluding steroid dienone is 12. The predicted octanol–water partition coefficient (Wildman–Crippen LogP) is 15.7. The van der Waals surface area contributed by atoms with Crippen molar-refractivity contribution in [2.24, 2.45) is 104 Å². The van der Waals surface area contributed by atoms with Crippen LogP contribution in [0.4, 0.5) is 0 Å². The molecule has 19 heteroatoms. The number of ether oxygens (including phenoxy) is 4.